The first kappa shape index (κ1) is 22.9. The summed E-state index contributed by atoms with van der Waals surface area (Å²) in [6, 6.07) is -0.938. The molecule has 3 saturated heterocycles. The van der Waals surface area contributed by atoms with Crippen LogP contribution < -0.4 is 10.6 Å². The van der Waals surface area contributed by atoms with E-state index in [9.17, 15) is 19.5 Å². The highest BCUT2D eigenvalue weighted by atomic mass is 32.2. The maximum Gasteiger partial charge on any atom is 0.244 e. The minimum atomic E-state index is -0.634. The van der Waals surface area contributed by atoms with Gasteiger partial charge in [0.1, 0.15) is 6.04 Å². The molecule has 3 heterocycles. The van der Waals surface area contributed by atoms with Crippen LogP contribution in [-0.2, 0) is 14.4 Å². The van der Waals surface area contributed by atoms with Crippen LogP contribution in [0.1, 0.15) is 72.1 Å². The molecule has 8 heteroatoms. The van der Waals surface area contributed by atoms with E-state index >= 15 is 0 Å². The molecule has 6 atom stereocenters. The molecule has 0 radical (unpaired) electrons. The molecule has 4 aliphatic rings. The van der Waals surface area contributed by atoms with Crippen LogP contribution >= 0.6 is 11.8 Å². The van der Waals surface area contributed by atoms with Gasteiger partial charge < -0.3 is 20.6 Å². The van der Waals surface area contributed by atoms with E-state index in [2.05, 4.69) is 17.6 Å². The number of hydrogen-bond donors (Lipinski definition) is 3. The van der Waals surface area contributed by atoms with Gasteiger partial charge in [-0.2, -0.15) is 0 Å². The van der Waals surface area contributed by atoms with Crippen LogP contribution in [0.4, 0.5) is 0 Å². The summed E-state index contributed by atoms with van der Waals surface area (Å²) >= 11 is 1.69. The lowest BCUT2D eigenvalue weighted by atomic mass is 9.66. The minimum Gasteiger partial charge on any atom is -0.394 e. The third-order valence-electron chi connectivity index (χ3n) is 7.99. The Morgan fingerprint density at radius 1 is 1.23 bits per heavy atom. The van der Waals surface area contributed by atoms with E-state index in [1.807, 2.05) is 6.92 Å². The molecule has 1 saturated carbocycles. The molecule has 3 N–H and O–H groups in total. The zero-order chi connectivity index (χ0) is 22.4. The van der Waals surface area contributed by atoms with Crippen molar-refractivity contribution in [3.8, 4) is 0 Å². The molecule has 3 amide bonds. The highest BCUT2D eigenvalue weighted by molar-refractivity contribution is 8.02. The van der Waals surface area contributed by atoms with Crippen molar-refractivity contribution < 1.29 is 19.5 Å². The summed E-state index contributed by atoms with van der Waals surface area (Å²) in [5.41, 5.74) is 0. The lowest BCUT2D eigenvalue weighted by Gasteiger charge is -2.37. The number of carbonyl (C=O) groups excluding carboxylic acids is 3. The monoisotopic (exact) mass is 451 g/mol. The van der Waals surface area contributed by atoms with Gasteiger partial charge in [-0.1, -0.05) is 26.2 Å². The van der Waals surface area contributed by atoms with E-state index in [0.29, 0.717) is 6.54 Å². The van der Waals surface area contributed by atoms with Crippen molar-refractivity contribution in [3.05, 3.63) is 0 Å². The van der Waals surface area contributed by atoms with Crippen LogP contribution in [0.3, 0.4) is 0 Å². The van der Waals surface area contributed by atoms with Crippen molar-refractivity contribution in [3.63, 3.8) is 0 Å². The summed E-state index contributed by atoms with van der Waals surface area (Å²) in [4.78, 5) is 42.2. The average molecular weight is 452 g/mol. The molecule has 2 bridgehead atoms. The van der Waals surface area contributed by atoms with E-state index in [-0.39, 0.29) is 35.1 Å². The zero-order valence-corrected chi connectivity index (χ0v) is 19.8. The van der Waals surface area contributed by atoms with Crippen LogP contribution in [0.15, 0.2) is 0 Å². The lowest BCUT2D eigenvalue weighted by molar-refractivity contribution is -0.143. The van der Waals surface area contributed by atoms with Gasteiger partial charge in [0.25, 0.3) is 0 Å². The minimum absolute atomic E-state index is 0.0679. The smallest absolute Gasteiger partial charge is 0.244 e. The van der Waals surface area contributed by atoms with Crippen molar-refractivity contribution in [1.82, 2.24) is 15.5 Å². The Kier molecular flexibility index (Phi) is 6.34. The molecule has 1 aliphatic carbocycles. The van der Waals surface area contributed by atoms with Gasteiger partial charge in [-0.25, -0.2) is 0 Å². The fourth-order valence-corrected chi connectivity index (χ4v) is 8.85. The van der Waals surface area contributed by atoms with Crippen molar-refractivity contribution in [2.45, 2.75) is 99.8 Å². The third kappa shape index (κ3) is 3.58. The van der Waals surface area contributed by atoms with Crippen LogP contribution in [-0.4, -0.2) is 68.5 Å². The number of amides is 3. The van der Waals surface area contributed by atoms with Crippen molar-refractivity contribution in [2.75, 3.05) is 13.2 Å². The molecule has 4 rings (SSSR count). The lowest BCUT2D eigenvalue weighted by Crippen LogP contribution is -2.57. The summed E-state index contributed by atoms with van der Waals surface area (Å²) in [5, 5.41) is 16.1. The third-order valence-corrected chi connectivity index (χ3v) is 9.97. The number of nitrogens with zero attached hydrogens (tertiary/aromatic N) is 1. The number of hydrogen-bond acceptors (Lipinski definition) is 5. The number of nitrogens with one attached hydrogen (secondary N) is 2. The maximum absolute atomic E-state index is 13.8. The van der Waals surface area contributed by atoms with Gasteiger partial charge in [-0.05, 0) is 46.0 Å². The molecular weight excluding hydrogens is 414 g/mol. The highest BCUT2D eigenvalue weighted by Gasteiger charge is 2.77. The summed E-state index contributed by atoms with van der Waals surface area (Å²) in [7, 11) is 0. The Hall–Kier alpha value is -1.28. The van der Waals surface area contributed by atoms with Crippen LogP contribution in [0.5, 0.6) is 0 Å². The Balaban J connectivity index is 1.68. The van der Waals surface area contributed by atoms with Crippen molar-refractivity contribution >= 4 is 29.5 Å². The predicted octanol–water partition coefficient (Wildman–Crippen LogP) is 1.82. The SMILES string of the molecule is CCCNC(=O)[C@H]1[C@H]2C(=O)N([C@H](C)CO)C(C(=O)NC3CCCCC3)C23CC[C@]1(C)S3. The first-order chi connectivity index (χ1) is 14.8. The quantitative estimate of drug-likeness (QED) is 0.548. The van der Waals surface area contributed by atoms with Gasteiger partial charge in [0, 0.05) is 17.3 Å². The van der Waals surface area contributed by atoms with E-state index in [0.717, 1.165) is 44.9 Å². The fourth-order valence-electron chi connectivity index (χ4n) is 6.51. The number of aliphatic hydroxyl groups is 1. The first-order valence-electron chi connectivity index (χ1n) is 12.0. The van der Waals surface area contributed by atoms with E-state index in [1.165, 1.54) is 6.42 Å². The Morgan fingerprint density at radius 3 is 2.58 bits per heavy atom. The Bertz CT molecular complexity index is 742. The topological polar surface area (TPSA) is 98.7 Å². The van der Waals surface area contributed by atoms with Gasteiger partial charge >= 0.3 is 0 Å². The summed E-state index contributed by atoms with van der Waals surface area (Å²) in [6.07, 6.45) is 7.80. The fraction of sp³-hybridized carbons (Fsp3) is 0.870. The van der Waals surface area contributed by atoms with Gasteiger partial charge in [0.2, 0.25) is 17.7 Å². The molecule has 3 aliphatic heterocycles. The molecule has 1 spiro atoms. The molecule has 2 unspecified atom stereocenters. The molecule has 31 heavy (non-hydrogen) atoms. The van der Waals surface area contributed by atoms with Gasteiger partial charge in [-0.3, -0.25) is 14.4 Å². The molecule has 0 aromatic carbocycles. The molecule has 7 nitrogen and oxygen atoms in total. The summed E-state index contributed by atoms with van der Waals surface area (Å²) < 4.78 is -0.932. The number of rotatable bonds is 7. The maximum atomic E-state index is 13.8. The highest BCUT2D eigenvalue weighted by Crippen LogP contribution is 2.71. The molecule has 174 valence electrons. The van der Waals surface area contributed by atoms with Gasteiger partial charge in [-0.15, -0.1) is 11.8 Å². The second kappa shape index (κ2) is 8.58. The molecular formula is C23H37N3O4S. The average Bonchev–Trinajstić information content (AvgIpc) is 3.33. The number of fused-ring (bicyclic) bond motifs is 1. The van der Waals surface area contributed by atoms with Crippen LogP contribution in [0.2, 0.25) is 0 Å². The number of aliphatic hydroxyl groups excluding tert-OH is 1. The summed E-state index contributed by atoms with van der Waals surface area (Å²) in [5.74, 6) is -1.26. The zero-order valence-electron chi connectivity index (χ0n) is 19.0. The molecule has 0 aromatic rings. The Morgan fingerprint density at radius 2 is 1.94 bits per heavy atom. The largest absolute Gasteiger partial charge is 0.394 e. The van der Waals surface area contributed by atoms with Gasteiger partial charge in [0.05, 0.1) is 29.2 Å². The van der Waals surface area contributed by atoms with Gasteiger partial charge in [0.15, 0.2) is 0 Å². The summed E-state index contributed by atoms with van der Waals surface area (Å²) in [6.45, 7) is 6.28. The van der Waals surface area contributed by atoms with Crippen molar-refractivity contribution in [1.29, 1.82) is 0 Å². The first-order valence-corrected chi connectivity index (χ1v) is 12.8. The predicted molar refractivity (Wildman–Crippen MR) is 120 cm³/mol. The van der Waals surface area contributed by atoms with E-state index in [4.69, 9.17) is 0 Å². The van der Waals surface area contributed by atoms with Crippen molar-refractivity contribution in [2.24, 2.45) is 11.8 Å². The van der Waals surface area contributed by atoms with E-state index in [1.54, 1.807) is 23.6 Å². The second-order valence-electron chi connectivity index (χ2n) is 10.1. The molecule has 4 fully saturated rings. The number of likely N-dealkylation sites (tertiary alicyclic amines) is 1. The second-order valence-corrected chi connectivity index (χ2v) is 12.0. The van der Waals surface area contributed by atoms with Crippen LogP contribution in [0, 0.1) is 11.8 Å². The molecule has 0 aromatic heterocycles. The number of thioether (sulfide) groups is 1. The van der Waals surface area contributed by atoms with Crippen LogP contribution in [0.25, 0.3) is 0 Å². The standard InChI is InChI=1S/C23H37N3O4S/c1-4-12-24-19(28)16-17-21(30)26(14(2)13-27)18(23(17)11-10-22(16,3)31-23)20(29)25-15-8-6-5-7-9-15/h14-18,27H,4-13H2,1-3H3,(H,24,28)(H,25,29)/t14-,16-,17+,18?,22+,23?/m1/s1. The normalized spacial score (nSPS) is 38.3. The number of carbonyl (C=O) groups is 3. The van der Waals surface area contributed by atoms with E-state index < -0.39 is 28.7 Å². The Labute approximate surface area is 189 Å².